The minimum absolute atomic E-state index is 0.00241. The van der Waals surface area contributed by atoms with Crippen LogP contribution in [0.25, 0.3) is 0 Å². The predicted molar refractivity (Wildman–Crippen MR) is 56.6 cm³/mol. The molecule has 3 fully saturated rings. The average Bonchev–Trinajstić information content (AvgIpc) is 2.59. The number of ether oxygens (including phenoxy) is 3. The summed E-state index contributed by atoms with van der Waals surface area (Å²) >= 11 is 0. The topological polar surface area (TPSA) is 47.9 Å². The third-order valence-corrected chi connectivity index (χ3v) is 3.92. The van der Waals surface area contributed by atoms with Gasteiger partial charge in [0.2, 0.25) is 0 Å². The molecule has 0 amide bonds. The Morgan fingerprint density at radius 3 is 2.62 bits per heavy atom. The number of hydrogen-bond acceptors (Lipinski definition) is 4. The first kappa shape index (κ1) is 11.0. The van der Waals surface area contributed by atoms with E-state index in [0.717, 1.165) is 12.8 Å². The van der Waals surface area contributed by atoms with Crippen LogP contribution in [0.3, 0.4) is 0 Å². The van der Waals surface area contributed by atoms with Crippen molar-refractivity contribution in [3.8, 4) is 0 Å². The SMILES string of the molecule is C[C@H]1C[C@@H]2[C@@H](O[C@@H]3OC(C)(C)O[C@@H]32)[C@H](O)C1. The maximum absolute atomic E-state index is 10.00. The Balaban J connectivity index is 1.80. The largest absolute Gasteiger partial charge is 0.390 e. The van der Waals surface area contributed by atoms with Crippen molar-refractivity contribution in [3.05, 3.63) is 0 Å². The van der Waals surface area contributed by atoms with Crippen molar-refractivity contribution in [2.45, 2.75) is 64.0 Å². The summed E-state index contributed by atoms with van der Waals surface area (Å²) in [5, 5.41) is 10.00. The van der Waals surface area contributed by atoms with Crippen molar-refractivity contribution < 1.29 is 19.3 Å². The quantitative estimate of drug-likeness (QED) is 0.678. The molecule has 1 aliphatic carbocycles. The summed E-state index contributed by atoms with van der Waals surface area (Å²) in [6, 6.07) is 0. The Bertz CT molecular complexity index is 291. The van der Waals surface area contributed by atoms with E-state index in [1.54, 1.807) is 0 Å². The van der Waals surface area contributed by atoms with Crippen LogP contribution in [0.4, 0.5) is 0 Å². The van der Waals surface area contributed by atoms with Gasteiger partial charge >= 0.3 is 0 Å². The molecule has 3 rings (SSSR count). The lowest BCUT2D eigenvalue weighted by Crippen LogP contribution is -2.42. The molecule has 4 heteroatoms. The van der Waals surface area contributed by atoms with Gasteiger partial charge in [-0.3, -0.25) is 0 Å². The molecular weight excluding hydrogens is 208 g/mol. The van der Waals surface area contributed by atoms with Crippen molar-refractivity contribution in [3.63, 3.8) is 0 Å². The van der Waals surface area contributed by atoms with Crippen molar-refractivity contribution >= 4 is 0 Å². The summed E-state index contributed by atoms with van der Waals surface area (Å²) in [6.07, 6.45) is 1.13. The average molecular weight is 228 g/mol. The molecule has 0 aromatic carbocycles. The van der Waals surface area contributed by atoms with E-state index in [1.807, 2.05) is 13.8 Å². The monoisotopic (exact) mass is 228 g/mol. The lowest BCUT2D eigenvalue weighted by Gasteiger charge is -2.35. The molecule has 0 unspecified atom stereocenters. The van der Waals surface area contributed by atoms with Crippen molar-refractivity contribution in [1.82, 2.24) is 0 Å². The molecule has 3 aliphatic rings. The molecule has 1 saturated carbocycles. The molecule has 0 radical (unpaired) electrons. The van der Waals surface area contributed by atoms with Gasteiger partial charge in [0.05, 0.1) is 12.2 Å². The highest BCUT2D eigenvalue weighted by Crippen LogP contribution is 2.47. The van der Waals surface area contributed by atoms with Gasteiger partial charge < -0.3 is 19.3 Å². The first-order valence-corrected chi connectivity index (χ1v) is 6.15. The van der Waals surface area contributed by atoms with Crippen LogP contribution in [0.5, 0.6) is 0 Å². The molecule has 0 aromatic rings. The van der Waals surface area contributed by atoms with Gasteiger partial charge in [0.15, 0.2) is 12.1 Å². The Morgan fingerprint density at radius 2 is 1.88 bits per heavy atom. The highest BCUT2D eigenvalue weighted by molar-refractivity contribution is 4.99. The Labute approximate surface area is 95.9 Å². The highest BCUT2D eigenvalue weighted by Gasteiger charge is 2.57. The maximum Gasteiger partial charge on any atom is 0.187 e. The van der Waals surface area contributed by atoms with Gasteiger partial charge in [0.25, 0.3) is 0 Å². The second-order valence-electron chi connectivity index (χ2n) is 5.88. The molecule has 0 aromatic heterocycles. The molecule has 6 atom stereocenters. The number of rotatable bonds is 0. The minimum Gasteiger partial charge on any atom is -0.390 e. The third-order valence-electron chi connectivity index (χ3n) is 3.92. The van der Waals surface area contributed by atoms with Crippen LogP contribution in [-0.2, 0) is 14.2 Å². The molecule has 1 N–H and O–H groups in total. The van der Waals surface area contributed by atoms with E-state index in [4.69, 9.17) is 14.2 Å². The summed E-state index contributed by atoms with van der Waals surface area (Å²) in [5.74, 6) is 0.266. The number of aliphatic hydroxyl groups is 1. The van der Waals surface area contributed by atoms with Crippen LogP contribution in [0.1, 0.15) is 33.6 Å². The molecule has 2 saturated heterocycles. The molecule has 2 heterocycles. The molecule has 0 spiro atoms. The van der Waals surface area contributed by atoms with E-state index < -0.39 is 5.79 Å². The summed E-state index contributed by atoms with van der Waals surface area (Å²) < 4.78 is 17.4. The number of aliphatic hydroxyl groups excluding tert-OH is 1. The zero-order valence-electron chi connectivity index (χ0n) is 10.1. The van der Waals surface area contributed by atoms with E-state index in [2.05, 4.69) is 6.92 Å². The predicted octanol–water partition coefficient (Wildman–Crippen LogP) is 1.27. The van der Waals surface area contributed by atoms with Crippen LogP contribution in [0.15, 0.2) is 0 Å². The Morgan fingerprint density at radius 1 is 1.12 bits per heavy atom. The Hall–Kier alpha value is -0.160. The fraction of sp³-hybridized carbons (Fsp3) is 1.00. The minimum atomic E-state index is -0.550. The van der Waals surface area contributed by atoms with Crippen LogP contribution in [-0.4, -0.2) is 35.5 Å². The van der Waals surface area contributed by atoms with Crippen molar-refractivity contribution in [2.75, 3.05) is 0 Å². The van der Waals surface area contributed by atoms with Gasteiger partial charge in [0.1, 0.15) is 6.10 Å². The van der Waals surface area contributed by atoms with E-state index in [-0.39, 0.29) is 30.5 Å². The number of fused-ring (bicyclic) bond motifs is 3. The van der Waals surface area contributed by atoms with E-state index in [0.29, 0.717) is 5.92 Å². The summed E-state index contributed by atoms with van der Waals surface area (Å²) in [6.45, 7) is 5.99. The standard InChI is InChI=1S/C12H20O4/c1-6-4-7-9(8(13)5-6)14-11-10(7)15-12(2,3)16-11/h6-11,13H,4-5H2,1-3H3/t6-,7+,8+,9+,10+,11+/m0/s1. The molecule has 92 valence electrons. The summed E-state index contributed by atoms with van der Waals surface area (Å²) in [7, 11) is 0. The van der Waals surface area contributed by atoms with Crippen LogP contribution >= 0.6 is 0 Å². The lowest BCUT2D eigenvalue weighted by atomic mass is 9.77. The fourth-order valence-corrected chi connectivity index (χ4v) is 3.35. The fourth-order valence-electron chi connectivity index (χ4n) is 3.35. The second-order valence-corrected chi connectivity index (χ2v) is 5.88. The molecule has 4 nitrogen and oxygen atoms in total. The maximum atomic E-state index is 10.00. The molecule has 2 aliphatic heterocycles. The van der Waals surface area contributed by atoms with Gasteiger partial charge in [-0.15, -0.1) is 0 Å². The highest BCUT2D eigenvalue weighted by atomic mass is 16.8. The zero-order valence-corrected chi connectivity index (χ0v) is 10.1. The number of hydrogen-bond donors (Lipinski definition) is 1. The van der Waals surface area contributed by atoms with Gasteiger partial charge in [-0.1, -0.05) is 6.92 Å². The summed E-state index contributed by atoms with van der Waals surface area (Å²) in [5.41, 5.74) is 0. The smallest absolute Gasteiger partial charge is 0.187 e. The van der Waals surface area contributed by atoms with Crippen LogP contribution in [0, 0.1) is 11.8 Å². The zero-order chi connectivity index (χ0) is 11.5. The van der Waals surface area contributed by atoms with E-state index in [9.17, 15) is 5.11 Å². The van der Waals surface area contributed by atoms with Crippen LogP contribution < -0.4 is 0 Å². The Kier molecular flexibility index (Phi) is 2.34. The third kappa shape index (κ3) is 1.59. The normalized spacial score (nSPS) is 54.8. The van der Waals surface area contributed by atoms with E-state index in [1.165, 1.54) is 0 Å². The van der Waals surface area contributed by atoms with Gasteiger partial charge in [-0.25, -0.2) is 0 Å². The van der Waals surface area contributed by atoms with Crippen LogP contribution in [0.2, 0.25) is 0 Å². The van der Waals surface area contributed by atoms with Gasteiger partial charge in [-0.2, -0.15) is 0 Å². The second kappa shape index (κ2) is 3.42. The van der Waals surface area contributed by atoms with Gasteiger partial charge in [0, 0.05) is 5.92 Å². The first-order chi connectivity index (χ1) is 7.46. The molecular formula is C12H20O4. The van der Waals surface area contributed by atoms with Crippen molar-refractivity contribution in [1.29, 1.82) is 0 Å². The van der Waals surface area contributed by atoms with Gasteiger partial charge in [-0.05, 0) is 32.6 Å². The van der Waals surface area contributed by atoms with Crippen molar-refractivity contribution in [2.24, 2.45) is 11.8 Å². The first-order valence-electron chi connectivity index (χ1n) is 6.15. The van der Waals surface area contributed by atoms with E-state index >= 15 is 0 Å². The molecule has 16 heavy (non-hydrogen) atoms. The lowest BCUT2D eigenvalue weighted by molar-refractivity contribution is -0.225. The summed E-state index contributed by atoms with van der Waals surface area (Å²) in [4.78, 5) is 0. The molecule has 0 bridgehead atoms.